The number of aliphatic hydroxyl groups is 1. The van der Waals surface area contributed by atoms with Crippen molar-refractivity contribution in [2.45, 2.75) is 82.0 Å². The van der Waals surface area contributed by atoms with Crippen LogP contribution in [-0.4, -0.2) is 57.0 Å². The molecule has 4 unspecified atom stereocenters. The molecule has 21 heavy (non-hydrogen) atoms. The number of aliphatic hydroxyl groups excluding tert-OH is 1. The molecular formula is C15H31BO4Si. The van der Waals surface area contributed by atoms with Gasteiger partial charge < -0.3 is 19.4 Å². The maximum absolute atomic E-state index is 10.6. The van der Waals surface area contributed by atoms with Gasteiger partial charge in [-0.2, -0.15) is 0 Å². The average molecular weight is 314 g/mol. The Labute approximate surface area is 130 Å². The van der Waals surface area contributed by atoms with Crippen LogP contribution in [0.1, 0.15) is 39.5 Å². The molecule has 0 aromatic heterocycles. The molecule has 2 aliphatic rings. The smallest absolute Gasteiger partial charge is 0.188 e. The Kier molecular flexibility index (Phi) is 5.26. The third kappa shape index (κ3) is 3.91. The van der Waals surface area contributed by atoms with Crippen molar-refractivity contribution >= 4 is 16.2 Å². The highest BCUT2D eigenvalue weighted by atomic mass is 28.4. The van der Waals surface area contributed by atoms with Crippen LogP contribution in [0.4, 0.5) is 0 Å². The van der Waals surface area contributed by atoms with Gasteiger partial charge in [0.25, 0.3) is 0 Å². The SMILES string of the molecule is BC1OC(COC2CCC2)C(O)C1CC(C)(C)[Si](C)(C)O. The minimum atomic E-state index is -2.26. The van der Waals surface area contributed by atoms with Crippen molar-refractivity contribution in [3.63, 3.8) is 0 Å². The molecule has 122 valence electrons. The summed E-state index contributed by atoms with van der Waals surface area (Å²) in [6, 6.07) is 0.0191. The normalized spacial score (nSPS) is 35.0. The van der Waals surface area contributed by atoms with Crippen molar-refractivity contribution in [1.29, 1.82) is 0 Å². The minimum Gasteiger partial charge on any atom is -0.432 e. The Morgan fingerprint density at radius 1 is 1.33 bits per heavy atom. The van der Waals surface area contributed by atoms with Crippen LogP contribution < -0.4 is 0 Å². The van der Waals surface area contributed by atoms with Gasteiger partial charge in [0.15, 0.2) is 8.32 Å². The highest BCUT2D eigenvalue weighted by molar-refractivity contribution is 6.72. The summed E-state index contributed by atoms with van der Waals surface area (Å²) in [6.07, 6.45) is 3.99. The molecule has 6 heteroatoms. The lowest BCUT2D eigenvalue weighted by atomic mass is 9.79. The van der Waals surface area contributed by atoms with E-state index >= 15 is 0 Å². The lowest BCUT2D eigenvalue weighted by Gasteiger charge is -2.38. The molecule has 1 heterocycles. The summed E-state index contributed by atoms with van der Waals surface area (Å²) in [5.74, 6) is 0.0777. The third-order valence-electron chi connectivity index (χ3n) is 5.76. The van der Waals surface area contributed by atoms with E-state index in [4.69, 9.17) is 9.47 Å². The van der Waals surface area contributed by atoms with Crippen molar-refractivity contribution in [3.8, 4) is 0 Å². The summed E-state index contributed by atoms with van der Waals surface area (Å²) in [5.41, 5.74) is 0. The second-order valence-electron chi connectivity index (χ2n) is 8.07. The summed E-state index contributed by atoms with van der Waals surface area (Å²) < 4.78 is 11.7. The molecule has 0 spiro atoms. The number of hydrogen-bond acceptors (Lipinski definition) is 4. The second kappa shape index (κ2) is 6.32. The van der Waals surface area contributed by atoms with Gasteiger partial charge in [-0.25, -0.2) is 0 Å². The van der Waals surface area contributed by atoms with E-state index in [0.29, 0.717) is 12.7 Å². The van der Waals surface area contributed by atoms with Gasteiger partial charge in [-0.1, -0.05) is 13.8 Å². The van der Waals surface area contributed by atoms with Gasteiger partial charge in [-0.3, -0.25) is 0 Å². The Balaban J connectivity index is 1.91. The molecule has 0 radical (unpaired) electrons. The molecule has 1 aliphatic carbocycles. The number of ether oxygens (including phenoxy) is 2. The summed E-state index contributed by atoms with van der Waals surface area (Å²) in [5, 5.41) is 10.4. The first kappa shape index (κ1) is 17.5. The molecule has 4 nitrogen and oxygen atoms in total. The van der Waals surface area contributed by atoms with Gasteiger partial charge in [-0.05, 0) is 43.8 Å². The Bertz CT molecular complexity index is 354. The Morgan fingerprint density at radius 2 is 1.95 bits per heavy atom. The van der Waals surface area contributed by atoms with Crippen molar-refractivity contribution in [3.05, 3.63) is 0 Å². The Hall–Kier alpha value is 0.122. The van der Waals surface area contributed by atoms with E-state index in [0.717, 1.165) is 19.3 Å². The zero-order valence-electron chi connectivity index (χ0n) is 14.1. The van der Waals surface area contributed by atoms with Gasteiger partial charge >= 0.3 is 0 Å². The van der Waals surface area contributed by atoms with E-state index in [1.165, 1.54) is 6.42 Å². The van der Waals surface area contributed by atoms with Crippen LogP contribution in [0.5, 0.6) is 0 Å². The van der Waals surface area contributed by atoms with E-state index in [9.17, 15) is 9.90 Å². The summed E-state index contributed by atoms with van der Waals surface area (Å²) in [6.45, 7) is 8.65. The topological polar surface area (TPSA) is 58.9 Å². The maximum Gasteiger partial charge on any atom is 0.188 e. The number of hydrogen-bond donors (Lipinski definition) is 2. The molecule has 4 atom stereocenters. The van der Waals surface area contributed by atoms with Crippen LogP contribution in [0.2, 0.25) is 18.1 Å². The monoisotopic (exact) mass is 314 g/mol. The zero-order valence-corrected chi connectivity index (χ0v) is 15.1. The van der Waals surface area contributed by atoms with Gasteiger partial charge in [0, 0.05) is 11.9 Å². The fraction of sp³-hybridized carbons (Fsp3) is 1.00. The molecule has 2 rings (SSSR count). The fourth-order valence-corrected chi connectivity index (χ4v) is 3.78. The fourth-order valence-electron chi connectivity index (χ4n) is 3.04. The van der Waals surface area contributed by atoms with Crippen LogP contribution in [0.25, 0.3) is 0 Å². The van der Waals surface area contributed by atoms with Gasteiger partial charge in [0.2, 0.25) is 0 Å². The van der Waals surface area contributed by atoms with Crippen molar-refractivity contribution < 1.29 is 19.4 Å². The molecule has 0 aromatic rings. The highest BCUT2D eigenvalue weighted by Crippen LogP contribution is 2.45. The lowest BCUT2D eigenvalue weighted by Crippen LogP contribution is -2.43. The highest BCUT2D eigenvalue weighted by Gasteiger charge is 2.47. The predicted molar refractivity (Wildman–Crippen MR) is 88.7 cm³/mol. The van der Waals surface area contributed by atoms with Crippen LogP contribution in [-0.2, 0) is 9.47 Å². The van der Waals surface area contributed by atoms with E-state index in [-0.39, 0.29) is 23.1 Å². The minimum absolute atomic E-state index is 0.0191. The van der Waals surface area contributed by atoms with Gasteiger partial charge in [-0.15, -0.1) is 0 Å². The summed E-state index contributed by atoms with van der Waals surface area (Å²) in [7, 11) is -0.238. The molecule has 0 amide bonds. The van der Waals surface area contributed by atoms with Crippen LogP contribution in [0.15, 0.2) is 0 Å². The first-order valence-corrected chi connectivity index (χ1v) is 11.2. The molecule has 0 aromatic carbocycles. The molecule has 0 bridgehead atoms. The molecule has 1 aliphatic heterocycles. The zero-order chi connectivity index (χ0) is 15.8. The quantitative estimate of drug-likeness (QED) is 0.725. The second-order valence-corrected chi connectivity index (χ2v) is 12.5. The summed E-state index contributed by atoms with van der Waals surface area (Å²) >= 11 is 0. The van der Waals surface area contributed by atoms with E-state index in [2.05, 4.69) is 13.8 Å². The van der Waals surface area contributed by atoms with Crippen molar-refractivity contribution in [2.24, 2.45) is 5.92 Å². The number of rotatable bonds is 6. The van der Waals surface area contributed by atoms with Crippen LogP contribution >= 0.6 is 0 Å². The van der Waals surface area contributed by atoms with E-state index in [1.807, 2.05) is 20.9 Å². The molecule has 1 saturated heterocycles. The van der Waals surface area contributed by atoms with Gasteiger partial charge in [0.05, 0.1) is 18.8 Å². The third-order valence-corrected chi connectivity index (χ3v) is 9.28. The van der Waals surface area contributed by atoms with E-state index < -0.39 is 14.4 Å². The van der Waals surface area contributed by atoms with Crippen molar-refractivity contribution in [2.75, 3.05) is 6.61 Å². The van der Waals surface area contributed by atoms with E-state index in [1.54, 1.807) is 0 Å². The molecule has 2 fully saturated rings. The van der Waals surface area contributed by atoms with Crippen molar-refractivity contribution in [1.82, 2.24) is 0 Å². The first-order valence-electron chi connectivity index (χ1n) is 8.29. The summed E-state index contributed by atoms with van der Waals surface area (Å²) in [4.78, 5) is 10.5. The largest absolute Gasteiger partial charge is 0.432 e. The molecule has 2 N–H and O–H groups in total. The standard InChI is InChI=1S/C15H31BO4Si/c1-15(2,21(3,4)18)8-11-13(17)12(20-14(11)16)9-19-10-6-5-7-10/h10-14,17-18H,5-9,16H2,1-4H3. The average Bonchev–Trinajstić information content (AvgIpc) is 2.53. The van der Waals surface area contributed by atoms with Gasteiger partial charge in [0.1, 0.15) is 14.0 Å². The van der Waals surface area contributed by atoms with Crippen LogP contribution in [0, 0.1) is 5.92 Å². The first-order chi connectivity index (χ1) is 9.62. The predicted octanol–water partition coefficient (Wildman–Crippen LogP) is 1.26. The molecule has 1 saturated carbocycles. The maximum atomic E-state index is 10.6. The Morgan fingerprint density at radius 3 is 2.43 bits per heavy atom. The van der Waals surface area contributed by atoms with Crippen LogP contribution in [0.3, 0.4) is 0 Å². The molecular weight excluding hydrogens is 283 g/mol. The lowest BCUT2D eigenvalue weighted by molar-refractivity contribution is -0.0750.